The fourth-order valence-corrected chi connectivity index (χ4v) is 2.63. The quantitative estimate of drug-likeness (QED) is 0.917. The van der Waals surface area contributed by atoms with E-state index < -0.39 is 0 Å². The average molecular weight is 302 g/mol. The lowest BCUT2D eigenvalue weighted by atomic mass is 9.96. The molecule has 2 nitrogen and oxygen atoms in total. The lowest BCUT2D eigenvalue weighted by molar-refractivity contribution is 0.158. The molecule has 17 heavy (non-hydrogen) atoms. The molecule has 0 aromatic heterocycles. The molecule has 0 radical (unpaired) electrons. The highest BCUT2D eigenvalue weighted by Crippen LogP contribution is 2.38. The number of halogens is 2. The van der Waals surface area contributed by atoms with E-state index in [9.17, 15) is 4.39 Å². The van der Waals surface area contributed by atoms with E-state index in [0.717, 1.165) is 29.4 Å². The van der Waals surface area contributed by atoms with E-state index in [0.29, 0.717) is 5.75 Å². The molecule has 0 saturated heterocycles. The maximum absolute atomic E-state index is 13.8. The molecule has 2 atom stereocenters. The van der Waals surface area contributed by atoms with Crippen LogP contribution in [-0.4, -0.2) is 12.6 Å². The van der Waals surface area contributed by atoms with Gasteiger partial charge in [0.25, 0.3) is 0 Å². The van der Waals surface area contributed by atoms with E-state index in [1.165, 1.54) is 6.07 Å². The van der Waals surface area contributed by atoms with Crippen LogP contribution in [0.15, 0.2) is 16.6 Å². The van der Waals surface area contributed by atoms with Gasteiger partial charge in [-0.15, -0.1) is 0 Å². The van der Waals surface area contributed by atoms with Crippen LogP contribution in [0.25, 0.3) is 0 Å². The van der Waals surface area contributed by atoms with Crippen molar-refractivity contribution in [3.63, 3.8) is 0 Å². The van der Waals surface area contributed by atoms with Crippen molar-refractivity contribution < 1.29 is 9.13 Å². The number of nitrogens with one attached hydrogen (secondary N) is 1. The van der Waals surface area contributed by atoms with Crippen LogP contribution in [0.4, 0.5) is 4.39 Å². The number of fused-ring (bicyclic) bond motifs is 1. The van der Waals surface area contributed by atoms with Gasteiger partial charge in [-0.3, -0.25) is 0 Å². The van der Waals surface area contributed by atoms with Crippen LogP contribution in [0.2, 0.25) is 0 Å². The van der Waals surface area contributed by atoms with E-state index >= 15 is 0 Å². The van der Waals surface area contributed by atoms with Gasteiger partial charge in [0, 0.05) is 22.5 Å². The summed E-state index contributed by atoms with van der Waals surface area (Å²) in [5.74, 6) is 0.116. The average Bonchev–Trinajstić information content (AvgIpc) is 2.27. The molecule has 0 aliphatic carbocycles. The Hall–Kier alpha value is -0.610. The summed E-state index contributed by atoms with van der Waals surface area (Å²) in [5, 5.41) is 3.44. The van der Waals surface area contributed by atoms with Crippen LogP contribution in [0.3, 0.4) is 0 Å². The minimum absolute atomic E-state index is 0.0486. The van der Waals surface area contributed by atoms with Gasteiger partial charge in [-0.05, 0) is 32.0 Å². The molecular weight excluding hydrogens is 285 g/mol. The number of benzene rings is 1. The molecule has 0 saturated carbocycles. The molecule has 4 heteroatoms. The molecule has 0 fully saturated rings. The topological polar surface area (TPSA) is 21.3 Å². The van der Waals surface area contributed by atoms with Gasteiger partial charge in [0.15, 0.2) is 11.6 Å². The Labute approximate surface area is 110 Å². The molecule has 94 valence electrons. The summed E-state index contributed by atoms with van der Waals surface area (Å²) in [7, 11) is 0. The Bertz CT molecular complexity index is 411. The van der Waals surface area contributed by atoms with E-state index in [-0.39, 0.29) is 18.0 Å². The maximum Gasteiger partial charge on any atom is 0.166 e. The lowest BCUT2D eigenvalue weighted by Gasteiger charge is -2.31. The van der Waals surface area contributed by atoms with Crippen LogP contribution in [0.1, 0.15) is 38.3 Å². The number of hydrogen-bond donors (Lipinski definition) is 1. The first-order valence-electron chi connectivity index (χ1n) is 6.00. The van der Waals surface area contributed by atoms with E-state index in [4.69, 9.17) is 4.74 Å². The molecule has 1 aromatic carbocycles. The van der Waals surface area contributed by atoms with Gasteiger partial charge >= 0.3 is 0 Å². The molecule has 1 N–H and O–H groups in total. The predicted molar refractivity (Wildman–Crippen MR) is 69.8 cm³/mol. The van der Waals surface area contributed by atoms with Gasteiger partial charge in [0.05, 0.1) is 6.10 Å². The Kier molecular flexibility index (Phi) is 4.05. The van der Waals surface area contributed by atoms with Crippen molar-refractivity contribution in [2.75, 3.05) is 6.54 Å². The summed E-state index contributed by atoms with van der Waals surface area (Å²) in [6, 6.07) is 3.58. The minimum atomic E-state index is -0.288. The number of hydrogen-bond acceptors (Lipinski definition) is 2. The van der Waals surface area contributed by atoms with Crippen molar-refractivity contribution in [1.82, 2.24) is 5.32 Å². The van der Waals surface area contributed by atoms with Crippen molar-refractivity contribution in [3.05, 3.63) is 28.0 Å². The smallest absolute Gasteiger partial charge is 0.166 e. The summed E-state index contributed by atoms with van der Waals surface area (Å²) < 4.78 is 20.2. The molecule has 1 aliphatic heterocycles. The largest absolute Gasteiger partial charge is 0.487 e. The van der Waals surface area contributed by atoms with Crippen molar-refractivity contribution in [2.45, 2.75) is 38.8 Å². The molecule has 0 amide bonds. The Balaban J connectivity index is 2.34. The van der Waals surface area contributed by atoms with Crippen LogP contribution < -0.4 is 10.1 Å². The van der Waals surface area contributed by atoms with Gasteiger partial charge < -0.3 is 10.1 Å². The normalized spacial score (nSPS) is 23.1. The first-order valence-corrected chi connectivity index (χ1v) is 6.80. The zero-order valence-corrected chi connectivity index (χ0v) is 11.7. The van der Waals surface area contributed by atoms with Crippen LogP contribution >= 0.6 is 15.9 Å². The van der Waals surface area contributed by atoms with Gasteiger partial charge in [-0.25, -0.2) is 4.39 Å². The third-order valence-corrected chi connectivity index (χ3v) is 3.40. The Morgan fingerprint density at radius 1 is 1.53 bits per heavy atom. The zero-order chi connectivity index (χ0) is 12.4. The van der Waals surface area contributed by atoms with Crippen molar-refractivity contribution in [2.24, 2.45) is 0 Å². The van der Waals surface area contributed by atoms with Crippen molar-refractivity contribution >= 4 is 15.9 Å². The van der Waals surface area contributed by atoms with E-state index in [1.807, 2.05) is 13.0 Å². The second-order valence-electron chi connectivity index (χ2n) is 4.48. The maximum atomic E-state index is 13.8. The van der Waals surface area contributed by atoms with Crippen LogP contribution in [0, 0.1) is 5.82 Å². The second kappa shape index (κ2) is 5.36. The molecule has 1 aromatic rings. The first kappa shape index (κ1) is 12.8. The van der Waals surface area contributed by atoms with Gasteiger partial charge in [0.1, 0.15) is 0 Å². The standard InChI is InChI=1S/C13H17BrFNO/c1-3-4-16-12-5-8(2)17-13-10(12)6-9(14)7-11(13)15/h6-8,12,16H,3-5H2,1-2H3. The summed E-state index contributed by atoms with van der Waals surface area (Å²) >= 11 is 3.33. The minimum Gasteiger partial charge on any atom is -0.487 e. The van der Waals surface area contributed by atoms with Crippen molar-refractivity contribution in [3.8, 4) is 5.75 Å². The molecule has 1 aliphatic rings. The number of ether oxygens (including phenoxy) is 1. The SMILES string of the molecule is CCCNC1CC(C)Oc2c(F)cc(Br)cc21. The van der Waals surface area contributed by atoms with Gasteiger partial charge in [0.2, 0.25) is 0 Å². The third kappa shape index (κ3) is 2.80. The lowest BCUT2D eigenvalue weighted by Crippen LogP contribution is -2.32. The highest BCUT2D eigenvalue weighted by Gasteiger charge is 2.28. The molecule has 0 spiro atoms. The van der Waals surface area contributed by atoms with Gasteiger partial charge in [-0.2, -0.15) is 0 Å². The molecular formula is C13H17BrFNO. The third-order valence-electron chi connectivity index (χ3n) is 2.94. The number of rotatable bonds is 3. The highest BCUT2D eigenvalue weighted by atomic mass is 79.9. The fourth-order valence-electron chi connectivity index (χ4n) is 2.18. The second-order valence-corrected chi connectivity index (χ2v) is 5.39. The van der Waals surface area contributed by atoms with E-state index in [1.54, 1.807) is 0 Å². The molecule has 2 unspecified atom stereocenters. The zero-order valence-electron chi connectivity index (χ0n) is 10.1. The summed E-state index contributed by atoms with van der Waals surface area (Å²) in [4.78, 5) is 0. The predicted octanol–water partition coefficient (Wildman–Crippen LogP) is 3.80. The van der Waals surface area contributed by atoms with E-state index in [2.05, 4.69) is 28.2 Å². The van der Waals surface area contributed by atoms with Gasteiger partial charge in [-0.1, -0.05) is 22.9 Å². The molecule has 1 heterocycles. The first-order chi connectivity index (χ1) is 8.11. The van der Waals surface area contributed by atoms with Crippen LogP contribution in [-0.2, 0) is 0 Å². The summed E-state index contributed by atoms with van der Waals surface area (Å²) in [6.07, 6.45) is 1.99. The highest BCUT2D eigenvalue weighted by molar-refractivity contribution is 9.10. The monoisotopic (exact) mass is 301 g/mol. The summed E-state index contributed by atoms with van der Waals surface area (Å²) in [6.45, 7) is 5.04. The fraction of sp³-hybridized carbons (Fsp3) is 0.538. The Morgan fingerprint density at radius 3 is 3.00 bits per heavy atom. The van der Waals surface area contributed by atoms with Crippen molar-refractivity contribution in [1.29, 1.82) is 0 Å². The molecule has 0 bridgehead atoms. The Morgan fingerprint density at radius 2 is 2.29 bits per heavy atom. The summed E-state index contributed by atoms with van der Waals surface area (Å²) in [5.41, 5.74) is 0.920. The van der Waals surface area contributed by atoms with Crippen LogP contribution in [0.5, 0.6) is 5.75 Å². The molecule has 2 rings (SSSR count).